The van der Waals surface area contributed by atoms with Crippen LogP contribution in [0.5, 0.6) is 0 Å². The predicted octanol–water partition coefficient (Wildman–Crippen LogP) is 1.12. The Bertz CT molecular complexity index is 461. The first-order valence-electron chi connectivity index (χ1n) is 5.73. The van der Waals surface area contributed by atoms with Gasteiger partial charge in [0.2, 0.25) is 0 Å². The van der Waals surface area contributed by atoms with E-state index >= 15 is 0 Å². The molecule has 1 aliphatic rings. The normalized spacial score (nSPS) is 23.9. The Kier molecular flexibility index (Phi) is 3.83. The summed E-state index contributed by atoms with van der Waals surface area (Å²) in [5.74, 6) is 0.269. The number of aliphatic hydroxyl groups excluding tert-OH is 1. The van der Waals surface area contributed by atoms with Crippen LogP contribution in [-0.2, 0) is 7.05 Å². The van der Waals surface area contributed by atoms with E-state index in [9.17, 15) is 9.90 Å². The second-order valence-electron chi connectivity index (χ2n) is 4.44. The van der Waals surface area contributed by atoms with Crippen molar-refractivity contribution in [2.24, 2.45) is 13.0 Å². The monoisotopic (exact) mass is 301 g/mol. The van der Waals surface area contributed by atoms with Crippen molar-refractivity contribution >= 4 is 21.6 Å². The van der Waals surface area contributed by atoms with Crippen LogP contribution in [-0.4, -0.2) is 27.5 Å². The Hall–Kier alpha value is -0.880. The highest BCUT2D eigenvalue weighted by atomic mass is 79.9. The molecule has 5 nitrogen and oxygen atoms in total. The summed E-state index contributed by atoms with van der Waals surface area (Å²) < 4.78 is 1.77. The van der Waals surface area contributed by atoms with E-state index in [4.69, 9.17) is 0 Å². The molecular formula is C11H16BrN3O2. The molecular weight excluding hydrogens is 286 g/mol. The summed E-state index contributed by atoms with van der Waals surface area (Å²) in [6.45, 7) is 0.675. The van der Waals surface area contributed by atoms with Crippen LogP contribution in [0.2, 0.25) is 0 Å². The van der Waals surface area contributed by atoms with Crippen LogP contribution in [0.1, 0.15) is 19.3 Å². The Balaban J connectivity index is 2.04. The highest BCUT2D eigenvalue weighted by Crippen LogP contribution is 2.26. The van der Waals surface area contributed by atoms with Crippen LogP contribution in [0.15, 0.2) is 15.5 Å². The Morgan fingerprint density at radius 1 is 1.65 bits per heavy atom. The smallest absolute Gasteiger partial charge is 0.282 e. The van der Waals surface area contributed by atoms with E-state index in [0.29, 0.717) is 16.7 Å². The fraction of sp³-hybridized carbons (Fsp3) is 0.636. The zero-order valence-electron chi connectivity index (χ0n) is 9.69. The molecule has 2 unspecified atom stereocenters. The second kappa shape index (κ2) is 5.18. The van der Waals surface area contributed by atoms with Crippen molar-refractivity contribution in [2.45, 2.75) is 25.4 Å². The van der Waals surface area contributed by atoms with Crippen LogP contribution in [0.4, 0.5) is 5.69 Å². The Labute approximate surface area is 108 Å². The zero-order chi connectivity index (χ0) is 12.4. The van der Waals surface area contributed by atoms with Crippen LogP contribution in [0, 0.1) is 5.92 Å². The third-order valence-corrected chi connectivity index (χ3v) is 4.02. The summed E-state index contributed by atoms with van der Waals surface area (Å²) in [5.41, 5.74) is 0.522. The second-order valence-corrected chi connectivity index (χ2v) is 5.23. The lowest BCUT2D eigenvalue weighted by molar-refractivity contribution is 0.138. The molecule has 2 N–H and O–H groups in total. The standard InChI is InChI=1S/C11H16BrN3O2/c1-15-11(17)10(12)8(6-14-15)13-5-7-3-2-4-9(7)16/h6-7,9,13,16H,2-5H2,1H3. The number of hydrogen-bond donors (Lipinski definition) is 2. The van der Waals surface area contributed by atoms with Crippen molar-refractivity contribution < 1.29 is 5.11 Å². The molecule has 0 aliphatic heterocycles. The molecule has 0 amide bonds. The molecule has 1 saturated carbocycles. The first-order chi connectivity index (χ1) is 8.09. The van der Waals surface area contributed by atoms with Gasteiger partial charge in [-0.05, 0) is 28.8 Å². The van der Waals surface area contributed by atoms with Gasteiger partial charge in [-0.3, -0.25) is 4.79 Å². The van der Waals surface area contributed by atoms with E-state index in [0.717, 1.165) is 19.3 Å². The Morgan fingerprint density at radius 2 is 2.41 bits per heavy atom. The van der Waals surface area contributed by atoms with Gasteiger partial charge in [0.25, 0.3) is 5.56 Å². The molecule has 0 aromatic carbocycles. The van der Waals surface area contributed by atoms with Gasteiger partial charge in [0, 0.05) is 19.5 Å². The number of hydrogen-bond acceptors (Lipinski definition) is 4. The van der Waals surface area contributed by atoms with Crippen molar-refractivity contribution in [3.63, 3.8) is 0 Å². The minimum Gasteiger partial charge on any atom is -0.393 e. The first kappa shape index (κ1) is 12.6. The van der Waals surface area contributed by atoms with Gasteiger partial charge in [0.05, 0.1) is 18.0 Å². The van der Waals surface area contributed by atoms with E-state index < -0.39 is 0 Å². The first-order valence-corrected chi connectivity index (χ1v) is 6.52. The Morgan fingerprint density at radius 3 is 3.06 bits per heavy atom. The topological polar surface area (TPSA) is 67.2 Å². The molecule has 0 spiro atoms. The summed E-state index contributed by atoms with van der Waals surface area (Å²) in [6.07, 6.45) is 4.38. The lowest BCUT2D eigenvalue weighted by Crippen LogP contribution is -2.25. The number of nitrogens with zero attached hydrogens (tertiary/aromatic N) is 2. The van der Waals surface area contributed by atoms with Crippen molar-refractivity contribution in [1.29, 1.82) is 0 Å². The average molecular weight is 302 g/mol. The lowest BCUT2D eigenvalue weighted by Gasteiger charge is -2.16. The third kappa shape index (κ3) is 2.69. The molecule has 1 fully saturated rings. The average Bonchev–Trinajstić information content (AvgIpc) is 2.71. The number of rotatable bonds is 3. The van der Waals surface area contributed by atoms with E-state index in [1.165, 1.54) is 4.68 Å². The number of aryl methyl sites for hydroxylation is 1. The van der Waals surface area contributed by atoms with Gasteiger partial charge in [-0.2, -0.15) is 5.10 Å². The fourth-order valence-electron chi connectivity index (χ4n) is 2.13. The summed E-state index contributed by atoms with van der Waals surface area (Å²) in [5, 5.41) is 16.8. The third-order valence-electron chi connectivity index (χ3n) is 3.25. The highest BCUT2D eigenvalue weighted by molar-refractivity contribution is 9.10. The van der Waals surface area contributed by atoms with Gasteiger partial charge in [-0.25, -0.2) is 4.68 Å². The van der Waals surface area contributed by atoms with Crippen molar-refractivity contribution in [3.8, 4) is 0 Å². The summed E-state index contributed by atoms with van der Waals surface area (Å²) in [7, 11) is 1.61. The van der Waals surface area contributed by atoms with Gasteiger partial charge < -0.3 is 10.4 Å². The summed E-state index contributed by atoms with van der Waals surface area (Å²) in [4.78, 5) is 11.6. The van der Waals surface area contributed by atoms with Gasteiger partial charge in [-0.15, -0.1) is 0 Å². The minimum absolute atomic E-state index is 0.165. The van der Waals surface area contributed by atoms with Crippen molar-refractivity contribution in [1.82, 2.24) is 9.78 Å². The predicted molar refractivity (Wildman–Crippen MR) is 69.0 cm³/mol. The van der Waals surface area contributed by atoms with Crippen LogP contribution < -0.4 is 10.9 Å². The van der Waals surface area contributed by atoms with E-state index in [1.807, 2.05) is 0 Å². The fourth-order valence-corrected chi connectivity index (χ4v) is 2.63. The molecule has 1 heterocycles. The van der Waals surface area contributed by atoms with Gasteiger partial charge in [0.15, 0.2) is 0 Å². The largest absolute Gasteiger partial charge is 0.393 e. The number of aliphatic hydroxyl groups is 1. The molecule has 1 aromatic rings. The highest BCUT2D eigenvalue weighted by Gasteiger charge is 2.25. The lowest BCUT2D eigenvalue weighted by atomic mass is 10.1. The molecule has 0 saturated heterocycles. The van der Waals surface area contributed by atoms with Crippen LogP contribution >= 0.6 is 15.9 Å². The number of nitrogens with one attached hydrogen (secondary N) is 1. The van der Waals surface area contributed by atoms with Crippen LogP contribution in [0.3, 0.4) is 0 Å². The molecule has 2 rings (SSSR count). The SMILES string of the molecule is Cn1ncc(NCC2CCCC2O)c(Br)c1=O. The molecule has 1 aliphatic carbocycles. The van der Waals surface area contributed by atoms with E-state index in [2.05, 4.69) is 26.3 Å². The van der Waals surface area contributed by atoms with E-state index in [1.54, 1.807) is 13.2 Å². The summed E-state index contributed by atoms with van der Waals surface area (Å²) >= 11 is 3.26. The van der Waals surface area contributed by atoms with Crippen molar-refractivity contribution in [2.75, 3.05) is 11.9 Å². The minimum atomic E-state index is -0.222. The molecule has 2 atom stereocenters. The zero-order valence-corrected chi connectivity index (χ0v) is 11.3. The van der Waals surface area contributed by atoms with Crippen LogP contribution in [0.25, 0.3) is 0 Å². The van der Waals surface area contributed by atoms with E-state index in [-0.39, 0.29) is 17.6 Å². The van der Waals surface area contributed by atoms with Gasteiger partial charge in [-0.1, -0.05) is 6.42 Å². The number of aromatic nitrogens is 2. The maximum absolute atomic E-state index is 11.6. The quantitative estimate of drug-likeness (QED) is 0.878. The molecule has 17 heavy (non-hydrogen) atoms. The van der Waals surface area contributed by atoms with Crippen molar-refractivity contribution in [3.05, 3.63) is 21.0 Å². The van der Waals surface area contributed by atoms with Gasteiger partial charge in [0.1, 0.15) is 4.47 Å². The molecule has 6 heteroatoms. The molecule has 1 aromatic heterocycles. The molecule has 94 valence electrons. The molecule has 0 bridgehead atoms. The summed E-state index contributed by atoms with van der Waals surface area (Å²) in [6, 6.07) is 0. The maximum atomic E-state index is 11.6. The maximum Gasteiger partial charge on any atom is 0.282 e. The molecule has 0 radical (unpaired) electrons. The van der Waals surface area contributed by atoms with Gasteiger partial charge >= 0.3 is 0 Å². The number of anilines is 1. The number of halogens is 1.